The van der Waals surface area contributed by atoms with Crippen LogP contribution in [-0.4, -0.2) is 31.4 Å². The number of rotatable bonds is 6. The van der Waals surface area contributed by atoms with Gasteiger partial charge in [-0.1, -0.05) is 24.3 Å². The minimum Gasteiger partial charge on any atom is -0.326 e. The van der Waals surface area contributed by atoms with Gasteiger partial charge in [0.2, 0.25) is 11.8 Å². The smallest absolute Gasteiger partial charge is 0.293 e. The van der Waals surface area contributed by atoms with Crippen LogP contribution in [-0.2, 0) is 16.1 Å². The fourth-order valence-corrected chi connectivity index (χ4v) is 3.84. The zero-order valence-electron chi connectivity index (χ0n) is 18.0. The van der Waals surface area contributed by atoms with Gasteiger partial charge in [0.05, 0.1) is 17.6 Å². The number of carbonyl (C=O) groups is 2. The van der Waals surface area contributed by atoms with Gasteiger partial charge in [-0.05, 0) is 43.2 Å². The largest absolute Gasteiger partial charge is 0.326 e. The maximum Gasteiger partial charge on any atom is 0.293 e. The van der Waals surface area contributed by atoms with Crippen LogP contribution in [0.4, 0.5) is 11.4 Å². The van der Waals surface area contributed by atoms with Crippen molar-refractivity contribution in [3.05, 3.63) is 76.8 Å². The molecule has 33 heavy (non-hydrogen) atoms. The normalized spacial score (nSPS) is 13.1. The third kappa shape index (κ3) is 4.25. The summed E-state index contributed by atoms with van der Waals surface area (Å²) in [5, 5.41) is 15.2. The summed E-state index contributed by atoms with van der Waals surface area (Å²) >= 11 is 0. The minimum atomic E-state index is -0.392. The van der Waals surface area contributed by atoms with Crippen LogP contribution in [0.2, 0.25) is 0 Å². The molecule has 1 fully saturated rings. The third-order valence-corrected chi connectivity index (χ3v) is 5.44. The van der Waals surface area contributed by atoms with E-state index < -0.39 is 5.91 Å². The maximum absolute atomic E-state index is 13.4. The Morgan fingerprint density at radius 1 is 1.03 bits per heavy atom. The molecule has 2 aromatic heterocycles. The van der Waals surface area contributed by atoms with Crippen LogP contribution >= 0.6 is 0 Å². The lowest BCUT2D eigenvalue weighted by molar-refractivity contribution is -0.117. The Labute approximate surface area is 189 Å². The second kappa shape index (κ2) is 8.34. The van der Waals surface area contributed by atoms with Crippen LogP contribution in [0.1, 0.15) is 31.4 Å². The van der Waals surface area contributed by atoms with E-state index in [1.54, 1.807) is 35.1 Å². The highest BCUT2D eigenvalue weighted by Crippen LogP contribution is 2.41. The predicted molar refractivity (Wildman–Crippen MR) is 124 cm³/mol. The summed E-state index contributed by atoms with van der Waals surface area (Å²) in [5.41, 5.74) is 2.68. The zero-order chi connectivity index (χ0) is 22.9. The Morgan fingerprint density at radius 2 is 1.76 bits per heavy atom. The van der Waals surface area contributed by atoms with Gasteiger partial charge in [0.25, 0.3) is 5.56 Å². The molecular weight excluding hydrogens is 420 g/mol. The second-order valence-corrected chi connectivity index (χ2v) is 8.09. The molecule has 2 heterocycles. The van der Waals surface area contributed by atoms with E-state index in [2.05, 4.69) is 20.8 Å². The topological polar surface area (TPSA) is 111 Å². The average Bonchev–Trinajstić information content (AvgIpc) is 3.53. The molecule has 0 atom stereocenters. The number of aromatic nitrogens is 4. The number of hydrogen-bond donors (Lipinski definition) is 2. The minimum absolute atomic E-state index is 0.204. The van der Waals surface area contributed by atoms with E-state index in [-0.39, 0.29) is 23.9 Å². The van der Waals surface area contributed by atoms with Gasteiger partial charge < -0.3 is 10.6 Å². The van der Waals surface area contributed by atoms with Crippen molar-refractivity contribution in [1.29, 1.82) is 0 Å². The molecule has 9 nitrogen and oxygen atoms in total. The van der Waals surface area contributed by atoms with Crippen molar-refractivity contribution < 1.29 is 9.59 Å². The SMILES string of the molecule is CC(=O)Nc1cccc(NC(=O)Cn2nc(C3CC3)c3cnn(-c4ccccc4)c3c2=O)c1. The molecule has 0 aliphatic heterocycles. The van der Waals surface area contributed by atoms with Gasteiger partial charge in [0, 0.05) is 29.6 Å². The summed E-state index contributed by atoms with van der Waals surface area (Å²) in [6, 6.07) is 16.2. The molecule has 1 aliphatic rings. The highest BCUT2D eigenvalue weighted by molar-refractivity contribution is 5.93. The number of fused-ring (bicyclic) bond motifs is 1. The molecule has 4 aromatic rings. The first-order valence-electron chi connectivity index (χ1n) is 10.7. The van der Waals surface area contributed by atoms with Gasteiger partial charge in [-0.2, -0.15) is 10.2 Å². The van der Waals surface area contributed by atoms with Gasteiger partial charge in [0.15, 0.2) is 0 Å². The molecule has 2 amide bonds. The number of anilines is 2. The van der Waals surface area contributed by atoms with Crippen molar-refractivity contribution in [2.75, 3.05) is 10.6 Å². The van der Waals surface area contributed by atoms with Gasteiger partial charge in [-0.15, -0.1) is 0 Å². The number of hydrogen-bond acceptors (Lipinski definition) is 5. The number of para-hydroxylation sites is 1. The lowest BCUT2D eigenvalue weighted by atomic mass is 10.2. The lowest BCUT2D eigenvalue weighted by Crippen LogP contribution is -2.31. The Morgan fingerprint density at radius 3 is 2.45 bits per heavy atom. The summed E-state index contributed by atoms with van der Waals surface area (Å²) in [4.78, 5) is 37.4. The quantitative estimate of drug-likeness (QED) is 0.477. The van der Waals surface area contributed by atoms with E-state index in [4.69, 9.17) is 0 Å². The maximum atomic E-state index is 13.4. The Hall–Kier alpha value is -4.27. The molecule has 9 heteroatoms. The van der Waals surface area contributed by atoms with E-state index in [1.165, 1.54) is 11.6 Å². The van der Waals surface area contributed by atoms with Crippen molar-refractivity contribution >= 4 is 34.1 Å². The van der Waals surface area contributed by atoms with Crippen molar-refractivity contribution in [2.45, 2.75) is 32.2 Å². The molecule has 1 saturated carbocycles. The molecule has 1 aliphatic carbocycles. The molecule has 166 valence electrons. The molecular formula is C24H22N6O3. The van der Waals surface area contributed by atoms with Gasteiger partial charge >= 0.3 is 0 Å². The van der Waals surface area contributed by atoms with Gasteiger partial charge in [-0.25, -0.2) is 9.36 Å². The fraction of sp³-hybridized carbons (Fsp3) is 0.208. The van der Waals surface area contributed by atoms with Crippen LogP contribution in [0.3, 0.4) is 0 Å². The number of amides is 2. The number of nitrogens with one attached hydrogen (secondary N) is 2. The fourth-order valence-electron chi connectivity index (χ4n) is 3.84. The molecule has 0 unspecified atom stereocenters. The molecule has 2 aromatic carbocycles. The standard InChI is InChI=1S/C24H22N6O3/c1-15(31)26-17-6-5-7-18(12-17)27-21(32)14-29-24(33)23-20(22(28-29)16-10-11-16)13-25-30(23)19-8-3-2-4-9-19/h2-9,12-13,16H,10-11,14H2,1H3,(H,26,31)(H,27,32). The van der Waals surface area contributed by atoms with Crippen LogP contribution in [0.15, 0.2) is 65.6 Å². The van der Waals surface area contributed by atoms with Crippen molar-refractivity contribution in [1.82, 2.24) is 19.6 Å². The summed E-state index contributed by atoms with van der Waals surface area (Å²) in [5.74, 6) is -0.327. The van der Waals surface area contributed by atoms with Gasteiger partial charge in [-0.3, -0.25) is 14.4 Å². The monoisotopic (exact) mass is 442 g/mol. The highest BCUT2D eigenvalue weighted by atomic mass is 16.2. The summed E-state index contributed by atoms with van der Waals surface area (Å²) in [7, 11) is 0. The summed E-state index contributed by atoms with van der Waals surface area (Å²) in [6.07, 6.45) is 3.68. The van der Waals surface area contributed by atoms with E-state index in [0.29, 0.717) is 16.9 Å². The first kappa shape index (κ1) is 20.6. The average molecular weight is 442 g/mol. The lowest BCUT2D eigenvalue weighted by Gasteiger charge is -2.11. The highest BCUT2D eigenvalue weighted by Gasteiger charge is 2.30. The summed E-state index contributed by atoms with van der Waals surface area (Å²) in [6.45, 7) is 1.18. The van der Waals surface area contributed by atoms with Crippen molar-refractivity contribution in [3.8, 4) is 5.69 Å². The molecule has 2 N–H and O–H groups in total. The molecule has 0 bridgehead atoms. The number of nitrogens with zero attached hydrogens (tertiary/aromatic N) is 4. The predicted octanol–water partition coefficient (Wildman–Crippen LogP) is 3.06. The van der Waals surface area contributed by atoms with E-state index in [0.717, 1.165) is 29.6 Å². The first-order valence-corrected chi connectivity index (χ1v) is 10.7. The van der Waals surface area contributed by atoms with E-state index >= 15 is 0 Å². The number of benzene rings is 2. The Balaban J connectivity index is 1.48. The van der Waals surface area contributed by atoms with Crippen LogP contribution < -0.4 is 16.2 Å². The third-order valence-electron chi connectivity index (χ3n) is 5.44. The molecule has 0 radical (unpaired) electrons. The van der Waals surface area contributed by atoms with Crippen molar-refractivity contribution in [2.24, 2.45) is 0 Å². The summed E-state index contributed by atoms with van der Waals surface area (Å²) < 4.78 is 2.82. The Bertz CT molecular complexity index is 1420. The number of carbonyl (C=O) groups excluding carboxylic acids is 2. The second-order valence-electron chi connectivity index (χ2n) is 8.09. The Kier molecular flexibility index (Phi) is 5.21. The molecule has 5 rings (SSSR count). The van der Waals surface area contributed by atoms with E-state index in [1.807, 2.05) is 30.3 Å². The first-order chi connectivity index (χ1) is 16.0. The zero-order valence-corrected chi connectivity index (χ0v) is 18.0. The molecule has 0 saturated heterocycles. The van der Waals surface area contributed by atoms with Crippen LogP contribution in [0, 0.1) is 0 Å². The van der Waals surface area contributed by atoms with E-state index in [9.17, 15) is 14.4 Å². The molecule has 0 spiro atoms. The van der Waals surface area contributed by atoms with Crippen LogP contribution in [0.5, 0.6) is 0 Å². The van der Waals surface area contributed by atoms with Crippen LogP contribution in [0.25, 0.3) is 16.6 Å². The van der Waals surface area contributed by atoms with Crippen molar-refractivity contribution in [3.63, 3.8) is 0 Å². The van der Waals surface area contributed by atoms with Gasteiger partial charge in [0.1, 0.15) is 12.1 Å².